The van der Waals surface area contributed by atoms with Crippen molar-refractivity contribution in [2.24, 2.45) is 0 Å². The maximum atomic E-state index is 15.8. The van der Waals surface area contributed by atoms with Gasteiger partial charge in [0.05, 0.1) is 36.0 Å². The van der Waals surface area contributed by atoms with E-state index in [1.807, 2.05) is 200 Å². The smallest absolute Gasteiger partial charge is 0.167 e. The van der Waals surface area contributed by atoms with Gasteiger partial charge in [-0.3, -0.25) is 0 Å². The molecule has 5 aromatic heterocycles. The van der Waals surface area contributed by atoms with E-state index in [2.05, 4.69) is 92.3 Å². The minimum Gasteiger partial charge on any atom is -0.309 e. The fourth-order valence-corrected chi connectivity index (χ4v) is 13.4. The summed E-state index contributed by atoms with van der Waals surface area (Å²) in [6.07, 6.45) is 1.10. The Morgan fingerprint density at radius 3 is 0.856 bits per heavy atom. The van der Waals surface area contributed by atoms with Crippen LogP contribution in [0.1, 0.15) is 24.8 Å². The third-order valence-electron chi connectivity index (χ3n) is 18.7. The van der Waals surface area contributed by atoms with E-state index in [4.69, 9.17) is 58.6 Å². The zero-order valence-electron chi connectivity index (χ0n) is 68.9. The molecule has 1 aliphatic carbocycles. The molecule has 0 aliphatic heterocycles. The van der Waals surface area contributed by atoms with Gasteiger partial charge in [-0.25, -0.2) is 64.2 Å². The maximum Gasteiger partial charge on any atom is 0.167 e. The lowest BCUT2D eigenvalue weighted by Gasteiger charge is -2.16. The van der Waals surface area contributed by atoms with Gasteiger partial charge in [-0.05, 0) is 77.2 Å². The molecular formula is C97H64FN13. The Labute approximate surface area is 653 Å². The van der Waals surface area contributed by atoms with Crippen LogP contribution < -0.4 is 0 Å². The minimum absolute atomic E-state index is 0.0244. The highest BCUT2D eigenvalue weighted by Gasteiger charge is 2.24. The van der Waals surface area contributed by atoms with E-state index in [-0.39, 0.29) is 57.5 Å². The molecule has 0 saturated heterocycles. The average Bonchev–Trinajstić information content (AvgIpc) is 1.59. The van der Waals surface area contributed by atoms with Gasteiger partial charge in [0.1, 0.15) is 5.82 Å². The average molecular weight is 1440 g/mol. The zero-order chi connectivity index (χ0) is 82.9. The highest BCUT2D eigenvalue weighted by Crippen LogP contribution is 2.40. The molecule has 0 amide bonds. The molecule has 14 heteroatoms. The van der Waals surface area contributed by atoms with Crippen LogP contribution in [-0.4, -0.2) is 64.4 Å². The van der Waals surface area contributed by atoms with E-state index in [0.29, 0.717) is 56.9 Å². The van der Waals surface area contributed by atoms with Gasteiger partial charge < -0.3 is 4.57 Å². The second-order valence-corrected chi connectivity index (χ2v) is 25.7. The summed E-state index contributed by atoms with van der Waals surface area (Å²) in [5, 5.41) is 2.11. The number of hydrogen-bond acceptors (Lipinski definition) is 12. The van der Waals surface area contributed by atoms with Crippen LogP contribution in [0.5, 0.6) is 0 Å². The molecule has 111 heavy (non-hydrogen) atoms. The first kappa shape index (κ1) is 57.1. The molecular weight excluding hydrogens is 1370 g/mol. The number of halogens is 1. The van der Waals surface area contributed by atoms with Crippen molar-refractivity contribution >= 4 is 21.8 Å². The summed E-state index contributed by atoms with van der Waals surface area (Å²) in [6.45, 7) is 0. The standard InChI is InChI=1S/C48H31N7.C36H23FN6.C13H10/c1-5-17-32(18-6-1)43-49-44(33-19-7-2-8-20-33)52-47(51-43)36-29-30-42(55-40-27-15-13-25-37(40)38-26-14-16-28-41(38)55)39(31-36)48-53-45(34-21-9-3-10-22-34)50-46(54-48)35-23-11-4-12-24-35;37-30-22-21-28(35-40-31(24-13-5-1-6-14-24)38-32(41-35)25-15-7-2-8-16-25)23-29(30)36-42-33(26-17-9-3-10-18-26)39-34(43-36)27-19-11-4-12-20-27;1-3-7-12-10(5-1)9-11-6-2-4-8-13(11)12/h1-31H;1-23H;1-8H,9H2/i3D,9D,10D,21D,22D;3D,9D,10D,17D,18D;. The molecule has 5 heterocycles. The van der Waals surface area contributed by atoms with Gasteiger partial charge in [0.25, 0.3) is 0 Å². The lowest BCUT2D eigenvalue weighted by atomic mass is 10.1. The zero-order valence-corrected chi connectivity index (χ0v) is 58.9. The molecule has 0 fully saturated rings. The Hall–Kier alpha value is -15.2. The minimum atomic E-state index is -0.656. The van der Waals surface area contributed by atoms with Crippen molar-refractivity contribution < 1.29 is 18.1 Å². The molecule has 1 aliphatic rings. The van der Waals surface area contributed by atoms with Gasteiger partial charge in [-0.2, -0.15) is 0 Å². The van der Waals surface area contributed by atoms with Gasteiger partial charge in [-0.15, -0.1) is 0 Å². The predicted molar refractivity (Wildman–Crippen MR) is 441 cm³/mol. The second-order valence-electron chi connectivity index (χ2n) is 25.7. The van der Waals surface area contributed by atoms with E-state index in [1.54, 1.807) is 30.3 Å². The SMILES string of the molecule is [2H]c1c([2H])c([2H])c(-c2nc(-c3ccccc3)nc(-c3cc(-c4nc(-c5ccccc5)nc(-c5ccccc5)n4)ccc3-n3c4ccccc4c4ccccc43)n2)c([2H])c1[2H].[2H]c1c([2H])c([2H])c(-c2nc(-c3ccccc3)nc(-c3cc(-c4nc(-c5ccccc5)nc(-c5ccccc5)n4)ccc3F)n2)c([2H])c1[2H].c1ccc2c(c1)Cc1ccccc1-2. The first-order valence-corrected chi connectivity index (χ1v) is 35.7. The molecule has 0 saturated carbocycles. The normalized spacial score (nSPS) is 12.5. The lowest BCUT2D eigenvalue weighted by molar-refractivity contribution is 0.630. The van der Waals surface area contributed by atoms with Gasteiger partial charge in [0.2, 0.25) is 0 Å². The van der Waals surface area contributed by atoms with Crippen LogP contribution >= 0.6 is 0 Å². The van der Waals surface area contributed by atoms with Crippen LogP contribution in [0.3, 0.4) is 0 Å². The molecule has 0 N–H and O–H groups in total. The summed E-state index contributed by atoms with van der Waals surface area (Å²) in [6, 6.07) is 95.5. The number of rotatable bonds is 13. The number of para-hydroxylation sites is 2. The molecule has 0 atom stereocenters. The van der Waals surface area contributed by atoms with Crippen molar-refractivity contribution in [3.8, 4) is 153 Å². The van der Waals surface area contributed by atoms with Crippen molar-refractivity contribution in [3.63, 3.8) is 0 Å². The van der Waals surface area contributed by atoms with Crippen molar-refractivity contribution in [1.82, 2.24) is 64.4 Å². The number of hydrogen-bond donors (Lipinski definition) is 0. The van der Waals surface area contributed by atoms with E-state index < -0.39 is 66.2 Å². The van der Waals surface area contributed by atoms with Gasteiger partial charge >= 0.3 is 0 Å². The first-order chi connectivity index (χ1) is 59.1. The molecule has 13 nitrogen and oxygen atoms in total. The Bertz CT molecular complexity index is 6940. The molecule has 0 radical (unpaired) electrons. The molecule has 14 aromatic carbocycles. The third-order valence-corrected chi connectivity index (χ3v) is 18.7. The Morgan fingerprint density at radius 1 is 0.225 bits per heavy atom. The van der Waals surface area contributed by atoms with E-state index in [9.17, 15) is 0 Å². The summed E-state index contributed by atoms with van der Waals surface area (Å²) in [7, 11) is 0. The Morgan fingerprint density at radius 2 is 0.495 bits per heavy atom. The number of nitrogens with zero attached hydrogens (tertiary/aromatic N) is 13. The van der Waals surface area contributed by atoms with Crippen LogP contribution in [0.25, 0.3) is 175 Å². The van der Waals surface area contributed by atoms with E-state index >= 15 is 4.39 Å². The van der Waals surface area contributed by atoms with Gasteiger partial charge in [0.15, 0.2) is 69.9 Å². The van der Waals surface area contributed by atoms with Gasteiger partial charge in [0, 0.05) is 72.0 Å². The number of benzene rings is 14. The first-order valence-electron chi connectivity index (χ1n) is 40.7. The Kier molecular flexibility index (Phi) is 15.8. The second kappa shape index (κ2) is 30.7. The van der Waals surface area contributed by atoms with Crippen molar-refractivity contribution in [1.29, 1.82) is 0 Å². The summed E-state index contributed by atoms with van der Waals surface area (Å²) >= 11 is 0. The summed E-state index contributed by atoms with van der Waals surface area (Å²) in [4.78, 5) is 57.5. The summed E-state index contributed by atoms with van der Waals surface area (Å²) < 4.78 is 102. The quantitative estimate of drug-likeness (QED) is 0.108. The topological polar surface area (TPSA) is 160 Å². The van der Waals surface area contributed by atoms with Crippen LogP contribution in [0, 0.1) is 5.82 Å². The van der Waals surface area contributed by atoms with Crippen LogP contribution in [0.2, 0.25) is 0 Å². The maximum absolute atomic E-state index is 15.8. The molecule has 0 bridgehead atoms. The monoisotopic (exact) mass is 1440 g/mol. The molecule has 19 aromatic rings. The van der Waals surface area contributed by atoms with Gasteiger partial charge in [-0.1, -0.05) is 327 Å². The van der Waals surface area contributed by atoms with Crippen LogP contribution in [0.15, 0.2) is 376 Å². The largest absolute Gasteiger partial charge is 0.309 e. The summed E-state index contributed by atoms with van der Waals surface area (Å²) in [5.74, 6) is 2.15. The van der Waals surface area contributed by atoms with E-state index in [1.165, 1.54) is 34.4 Å². The summed E-state index contributed by atoms with van der Waals surface area (Å²) in [5.41, 5.74) is 14.1. The highest BCUT2D eigenvalue weighted by molar-refractivity contribution is 6.10. The number of fused-ring (bicyclic) bond motifs is 6. The predicted octanol–water partition coefficient (Wildman–Crippen LogP) is 22.6. The molecule has 20 rings (SSSR count). The van der Waals surface area contributed by atoms with E-state index in [0.717, 1.165) is 56.2 Å². The molecule has 524 valence electrons. The third kappa shape index (κ3) is 14.3. The Balaban J connectivity index is 0.000000146. The van der Waals surface area contributed by atoms with Crippen molar-refractivity contribution in [2.45, 2.75) is 6.42 Å². The van der Waals surface area contributed by atoms with Crippen LogP contribution in [-0.2, 0) is 6.42 Å². The fourth-order valence-electron chi connectivity index (χ4n) is 13.4. The van der Waals surface area contributed by atoms with Crippen molar-refractivity contribution in [2.75, 3.05) is 0 Å². The van der Waals surface area contributed by atoms with Crippen molar-refractivity contribution in [3.05, 3.63) is 393 Å². The lowest BCUT2D eigenvalue weighted by Crippen LogP contribution is -2.05. The fraction of sp³-hybridized carbons (Fsp3) is 0.0103. The highest BCUT2D eigenvalue weighted by atomic mass is 19.1. The van der Waals surface area contributed by atoms with Crippen LogP contribution in [0.4, 0.5) is 4.39 Å². The molecule has 0 spiro atoms. The number of aromatic nitrogens is 13. The molecule has 0 unspecified atom stereocenters.